The highest BCUT2D eigenvalue weighted by Gasteiger charge is 2.32. The van der Waals surface area contributed by atoms with Crippen molar-refractivity contribution in [3.8, 4) is 11.8 Å². The molecule has 0 aromatic carbocycles. The van der Waals surface area contributed by atoms with E-state index in [1.807, 2.05) is 25.7 Å². The van der Waals surface area contributed by atoms with Crippen LogP contribution in [0.5, 0.6) is 0 Å². The Hall–Kier alpha value is -3.22. The van der Waals surface area contributed by atoms with Gasteiger partial charge < -0.3 is 15.0 Å². The third-order valence-electron chi connectivity index (χ3n) is 5.56. The molecule has 1 aliphatic carbocycles. The van der Waals surface area contributed by atoms with E-state index in [-0.39, 0.29) is 18.6 Å². The Labute approximate surface area is 186 Å². The summed E-state index contributed by atoms with van der Waals surface area (Å²) in [6.45, 7) is 8.75. The number of hydrogen-bond acceptors (Lipinski definition) is 6. The first kappa shape index (κ1) is 22.0. The molecule has 2 aromatic rings. The molecular formula is C22H30N6O4. The number of carbonyl (C=O) groups excluding carboxylic acids is 1. The summed E-state index contributed by atoms with van der Waals surface area (Å²) in [6, 6.07) is -0.0497. The lowest BCUT2D eigenvalue weighted by molar-refractivity contribution is 0.0500. The maximum Gasteiger partial charge on any atom is 0.407 e. The van der Waals surface area contributed by atoms with Gasteiger partial charge in [-0.1, -0.05) is 5.92 Å². The third kappa shape index (κ3) is 4.52. The molecule has 3 heterocycles. The van der Waals surface area contributed by atoms with E-state index >= 15 is 0 Å². The molecule has 0 spiro atoms. The summed E-state index contributed by atoms with van der Waals surface area (Å²) in [5, 5.41) is 2.94. The average Bonchev–Trinajstić information content (AvgIpc) is 3.44. The Morgan fingerprint density at radius 1 is 1.28 bits per heavy atom. The Morgan fingerprint density at radius 3 is 2.69 bits per heavy atom. The lowest BCUT2D eigenvalue weighted by Crippen LogP contribution is -2.49. The standard InChI is InChI=1S/C22H30N6O4/c1-5-6-12-27-16-17(28(15-9-10-15)20(30)25-18(16)29)24-19(27)26-11-7-8-14(13-26)23-21(31)32-22(2,3)4/h14-15H,7-13H2,1-4H3,(H,23,31)(H,25,29,30)/t14-/m1/s1. The van der Waals surface area contributed by atoms with E-state index < -0.39 is 22.9 Å². The Morgan fingerprint density at radius 2 is 2.03 bits per heavy atom. The number of piperidine rings is 1. The number of fused-ring (bicyclic) bond motifs is 1. The number of hydrogen-bond donors (Lipinski definition) is 2. The van der Waals surface area contributed by atoms with Gasteiger partial charge in [0.15, 0.2) is 11.2 Å². The quantitative estimate of drug-likeness (QED) is 0.697. The molecule has 10 nitrogen and oxygen atoms in total. The minimum Gasteiger partial charge on any atom is -0.444 e. The van der Waals surface area contributed by atoms with Gasteiger partial charge in [0.2, 0.25) is 5.95 Å². The molecule has 172 valence electrons. The molecule has 0 bridgehead atoms. The fraction of sp³-hybridized carbons (Fsp3) is 0.636. The van der Waals surface area contributed by atoms with E-state index in [1.54, 1.807) is 16.1 Å². The second kappa shape index (κ2) is 8.37. The van der Waals surface area contributed by atoms with Crippen molar-refractivity contribution in [3.05, 3.63) is 20.8 Å². The first-order valence-corrected chi connectivity index (χ1v) is 11.1. The molecule has 1 aliphatic heterocycles. The number of H-pyrrole nitrogens is 1. The summed E-state index contributed by atoms with van der Waals surface area (Å²) in [6.07, 6.45) is 2.99. The van der Waals surface area contributed by atoms with Crippen molar-refractivity contribution < 1.29 is 9.53 Å². The first-order valence-electron chi connectivity index (χ1n) is 11.1. The number of nitrogens with zero attached hydrogens (tertiary/aromatic N) is 4. The second-order valence-electron chi connectivity index (χ2n) is 9.39. The summed E-state index contributed by atoms with van der Waals surface area (Å²) in [7, 11) is 0. The van der Waals surface area contributed by atoms with Gasteiger partial charge in [-0.05, 0) is 53.4 Å². The lowest BCUT2D eigenvalue weighted by Gasteiger charge is -2.34. The van der Waals surface area contributed by atoms with Crippen LogP contribution in [0.4, 0.5) is 10.7 Å². The molecule has 1 atom stereocenters. The summed E-state index contributed by atoms with van der Waals surface area (Å²) in [4.78, 5) is 46.7. The van der Waals surface area contributed by atoms with Crippen molar-refractivity contribution in [1.82, 2.24) is 24.4 Å². The van der Waals surface area contributed by atoms with Crippen molar-refractivity contribution in [2.45, 2.75) is 77.6 Å². The molecule has 2 aliphatic rings. The molecule has 2 N–H and O–H groups in total. The minimum atomic E-state index is -0.571. The number of carbonyl (C=O) groups is 1. The zero-order valence-corrected chi connectivity index (χ0v) is 19.0. The monoisotopic (exact) mass is 442 g/mol. The summed E-state index contributed by atoms with van der Waals surface area (Å²) in [5.74, 6) is 6.47. The summed E-state index contributed by atoms with van der Waals surface area (Å²) in [5.41, 5.74) is -0.698. The number of ether oxygens (including phenoxy) is 1. The molecule has 0 unspecified atom stereocenters. The van der Waals surface area contributed by atoms with E-state index in [2.05, 4.69) is 22.1 Å². The highest BCUT2D eigenvalue weighted by Crippen LogP contribution is 2.35. The molecule has 32 heavy (non-hydrogen) atoms. The normalized spacial score (nSPS) is 18.9. The molecule has 2 fully saturated rings. The number of imidazole rings is 1. The average molecular weight is 443 g/mol. The van der Waals surface area contributed by atoms with Gasteiger partial charge >= 0.3 is 11.8 Å². The predicted octanol–water partition coefficient (Wildman–Crippen LogP) is 1.74. The van der Waals surface area contributed by atoms with E-state index in [0.717, 1.165) is 32.2 Å². The van der Waals surface area contributed by atoms with Crippen LogP contribution in [0.3, 0.4) is 0 Å². The van der Waals surface area contributed by atoms with Gasteiger partial charge in [-0.15, -0.1) is 5.92 Å². The summed E-state index contributed by atoms with van der Waals surface area (Å²) >= 11 is 0. The van der Waals surface area contributed by atoms with Gasteiger partial charge in [-0.25, -0.2) is 9.59 Å². The molecule has 1 saturated carbocycles. The van der Waals surface area contributed by atoms with Crippen molar-refractivity contribution in [2.24, 2.45) is 0 Å². The maximum atomic E-state index is 12.7. The van der Waals surface area contributed by atoms with Crippen LogP contribution >= 0.6 is 0 Å². The fourth-order valence-electron chi connectivity index (χ4n) is 4.11. The van der Waals surface area contributed by atoms with E-state index in [9.17, 15) is 14.4 Å². The van der Waals surface area contributed by atoms with E-state index in [1.165, 1.54) is 0 Å². The zero-order valence-electron chi connectivity index (χ0n) is 19.0. The van der Waals surface area contributed by atoms with Crippen LogP contribution in [0.1, 0.15) is 59.4 Å². The number of aromatic amines is 1. The molecule has 1 saturated heterocycles. The van der Waals surface area contributed by atoms with Crippen LogP contribution in [0.25, 0.3) is 11.2 Å². The van der Waals surface area contributed by atoms with Crippen LogP contribution in [0, 0.1) is 11.8 Å². The van der Waals surface area contributed by atoms with Crippen molar-refractivity contribution in [1.29, 1.82) is 0 Å². The number of alkyl carbamates (subject to hydrolysis) is 1. The minimum absolute atomic E-state index is 0.0678. The van der Waals surface area contributed by atoms with Gasteiger partial charge in [0.05, 0.1) is 6.54 Å². The fourth-order valence-corrected chi connectivity index (χ4v) is 4.11. The van der Waals surface area contributed by atoms with Crippen LogP contribution in [0.2, 0.25) is 0 Å². The molecule has 1 amide bonds. The smallest absolute Gasteiger partial charge is 0.407 e. The van der Waals surface area contributed by atoms with Crippen LogP contribution in [-0.4, -0.2) is 49.9 Å². The summed E-state index contributed by atoms with van der Waals surface area (Å²) < 4.78 is 8.76. The zero-order chi connectivity index (χ0) is 23.0. The predicted molar refractivity (Wildman–Crippen MR) is 121 cm³/mol. The van der Waals surface area contributed by atoms with Crippen LogP contribution in [-0.2, 0) is 11.3 Å². The van der Waals surface area contributed by atoms with Crippen molar-refractivity contribution in [3.63, 3.8) is 0 Å². The Balaban J connectivity index is 1.69. The van der Waals surface area contributed by atoms with Crippen molar-refractivity contribution in [2.75, 3.05) is 18.0 Å². The topological polar surface area (TPSA) is 114 Å². The SMILES string of the molecule is CC#CCn1c(N2CCC[C@@H](NC(=O)OC(C)(C)C)C2)nc2c1c(=O)[nH]c(=O)n2C1CC1. The largest absolute Gasteiger partial charge is 0.444 e. The van der Waals surface area contributed by atoms with E-state index in [4.69, 9.17) is 9.72 Å². The molecule has 0 radical (unpaired) electrons. The van der Waals surface area contributed by atoms with Crippen LogP contribution < -0.4 is 21.5 Å². The van der Waals surface area contributed by atoms with Gasteiger partial charge in [0, 0.05) is 25.2 Å². The second-order valence-corrected chi connectivity index (χ2v) is 9.39. The highest BCUT2D eigenvalue weighted by atomic mass is 16.6. The van der Waals surface area contributed by atoms with Crippen molar-refractivity contribution >= 4 is 23.2 Å². The number of anilines is 1. The molecule has 4 rings (SSSR count). The van der Waals surface area contributed by atoms with Gasteiger partial charge in [-0.2, -0.15) is 4.98 Å². The number of amides is 1. The van der Waals surface area contributed by atoms with Gasteiger partial charge in [0.25, 0.3) is 5.56 Å². The lowest BCUT2D eigenvalue weighted by atomic mass is 10.1. The molecule has 2 aromatic heterocycles. The van der Waals surface area contributed by atoms with Gasteiger partial charge in [0.1, 0.15) is 5.60 Å². The van der Waals surface area contributed by atoms with Gasteiger partial charge in [-0.3, -0.25) is 18.9 Å². The maximum absolute atomic E-state index is 12.7. The number of aromatic nitrogens is 4. The number of nitrogens with one attached hydrogen (secondary N) is 2. The Bertz CT molecular complexity index is 1200. The van der Waals surface area contributed by atoms with E-state index in [0.29, 0.717) is 23.7 Å². The van der Waals surface area contributed by atoms with Crippen LogP contribution in [0.15, 0.2) is 9.59 Å². The molecular weight excluding hydrogens is 412 g/mol. The highest BCUT2D eigenvalue weighted by molar-refractivity contribution is 5.75. The molecule has 10 heteroatoms. The number of rotatable bonds is 4. The Kier molecular flexibility index (Phi) is 5.75. The first-order chi connectivity index (χ1) is 15.2. The third-order valence-corrected chi connectivity index (χ3v) is 5.56.